The molecule has 0 spiro atoms. The second-order valence-corrected chi connectivity index (χ2v) is 10.2. The monoisotopic (exact) mass is 398 g/mol. The SMILES string of the molecule is CCCCCC1CCC(C2CCC(c3ccc(OCCCC)cc3)C(C)C2)CC1. The lowest BCUT2D eigenvalue weighted by Gasteiger charge is -2.41. The fraction of sp³-hybridized carbons (Fsp3) is 0.786. The van der Waals surface area contributed by atoms with Crippen molar-refractivity contribution in [1.29, 1.82) is 0 Å². The number of hydrogen-bond acceptors (Lipinski definition) is 1. The first kappa shape index (κ1) is 22.7. The molecule has 0 saturated heterocycles. The standard InChI is InChI=1S/C28H46O/c1-4-6-8-9-23-10-12-24(13-11-23)26-16-19-28(22(3)21-26)25-14-17-27(18-15-25)29-20-7-5-2/h14-15,17-18,22-24,26,28H,4-13,16,19-21H2,1-3H3. The van der Waals surface area contributed by atoms with Crippen molar-refractivity contribution < 1.29 is 4.74 Å². The third-order valence-electron chi connectivity index (χ3n) is 8.06. The summed E-state index contributed by atoms with van der Waals surface area (Å²) in [5.41, 5.74) is 1.54. The van der Waals surface area contributed by atoms with Gasteiger partial charge in [-0.25, -0.2) is 0 Å². The summed E-state index contributed by atoms with van der Waals surface area (Å²) in [5.74, 6) is 5.68. The van der Waals surface area contributed by atoms with E-state index in [9.17, 15) is 0 Å². The van der Waals surface area contributed by atoms with Crippen LogP contribution in [0.4, 0.5) is 0 Å². The molecule has 0 N–H and O–H groups in total. The quantitative estimate of drug-likeness (QED) is 0.358. The largest absolute Gasteiger partial charge is 0.494 e. The van der Waals surface area contributed by atoms with E-state index in [0.717, 1.165) is 48.4 Å². The van der Waals surface area contributed by atoms with Crippen LogP contribution in [-0.2, 0) is 0 Å². The molecule has 2 aliphatic rings. The summed E-state index contributed by atoms with van der Waals surface area (Å²) in [6, 6.07) is 9.07. The van der Waals surface area contributed by atoms with Gasteiger partial charge in [-0.2, -0.15) is 0 Å². The second kappa shape index (κ2) is 12.0. The van der Waals surface area contributed by atoms with Crippen molar-refractivity contribution in [3.8, 4) is 5.75 Å². The number of unbranched alkanes of at least 4 members (excludes halogenated alkanes) is 3. The lowest BCUT2D eigenvalue weighted by Crippen LogP contribution is -2.29. The molecule has 3 atom stereocenters. The molecule has 1 heteroatoms. The number of rotatable bonds is 10. The van der Waals surface area contributed by atoms with E-state index in [2.05, 4.69) is 45.0 Å². The van der Waals surface area contributed by atoms with E-state index in [4.69, 9.17) is 4.74 Å². The van der Waals surface area contributed by atoms with Gasteiger partial charge in [0.05, 0.1) is 6.61 Å². The van der Waals surface area contributed by atoms with Crippen molar-refractivity contribution in [2.45, 2.75) is 110 Å². The van der Waals surface area contributed by atoms with E-state index in [-0.39, 0.29) is 0 Å². The molecule has 1 aromatic rings. The highest BCUT2D eigenvalue weighted by Crippen LogP contribution is 2.47. The molecule has 2 aliphatic carbocycles. The van der Waals surface area contributed by atoms with Gasteiger partial charge in [0.25, 0.3) is 0 Å². The Morgan fingerprint density at radius 3 is 2.14 bits per heavy atom. The topological polar surface area (TPSA) is 9.23 Å². The molecule has 1 nitrogen and oxygen atoms in total. The zero-order valence-corrected chi connectivity index (χ0v) is 19.5. The summed E-state index contributed by atoms with van der Waals surface area (Å²) in [4.78, 5) is 0. The van der Waals surface area contributed by atoms with Gasteiger partial charge in [0, 0.05) is 0 Å². The maximum atomic E-state index is 5.85. The van der Waals surface area contributed by atoms with Gasteiger partial charge in [0.1, 0.15) is 5.75 Å². The Morgan fingerprint density at radius 1 is 0.793 bits per heavy atom. The van der Waals surface area contributed by atoms with Crippen LogP contribution in [0.1, 0.15) is 116 Å². The Kier molecular flexibility index (Phi) is 9.40. The normalized spacial score (nSPS) is 30.2. The summed E-state index contributed by atoms with van der Waals surface area (Å²) in [7, 11) is 0. The van der Waals surface area contributed by atoms with Gasteiger partial charge in [-0.15, -0.1) is 0 Å². The fourth-order valence-corrected chi connectivity index (χ4v) is 6.14. The summed E-state index contributed by atoms with van der Waals surface area (Å²) in [6.07, 6.45) is 18.5. The van der Waals surface area contributed by atoms with Crippen LogP contribution in [0, 0.1) is 23.7 Å². The van der Waals surface area contributed by atoms with Crippen LogP contribution < -0.4 is 4.74 Å². The molecule has 0 aliphatic heterocycles. The van der Waals surface area contributed by atoms with E-state index >= 15 is 0 Å². The van der Waals surface area contributed by atoms with E-state index in [1.165, 1.54) is 77.0 Å². The Hall–Kier alpha value is -0.980. The van der Waals surface area contributed by atoms with Crippen LogP contribution >= 0.6 is 0 Å². The Morgan fingerprint density at radius 2 is 1.48 bits per heavy atom. The van der Waals surface area contributed by atoms with Gasteiger partial charge in [0.2, 0.25) is 0 Å². The molecule has 0 radical (unpaired) electrons. The molecular formula is C28H46O. The third-order valence-corrected chi connectivity index (χ3v) is 8.06. The first-order chi connectivity index (χ1) is 14.2. The molecule has 29 heavy (non-hydrogen) atoms. The maximum Gasteiger partial charge on any atom is 0.119 e. The first-order valence-electron chi connectivity index (χ1n) is 12.9. The molecule has 164 valence electrons. The van der Waals surface area contributed by atoms with Crippen LogP contribution in [0.3, 0.4) is 0 Å². The summed E-state index contributed by atoms with van der Waals surface area (Å²) in [6.45, 7) is 7.89. The molecule has 3 unspecified atom stereocenters. The van der Waals surface area contributed by atoms with E-state index in [0.29, 0.717) is 0 Å². The van der Waals surface area contributed by atoms with E-state index in [1.54, 1.807) is 5.56 Å². The van der Waals surface area contributed by atoms with Crippen molar-refractivity contribution >= 4 is 0 Å². The lowest BCUT2D eigenvalue weighted by molar-refractivity contribution is 0.130. The molecule has 0 amide bonds. The summed E-state index contributed by atoms with van der Waals surface area (Å²) < 4.78 is 5.85. The predicted molar refractivity (Wildman–Crippen MR) is 126 cm³/mol. The van der Waals surface area contributed by atoms with Crippen molar-refractivity contribution in [3.05, 3.63) is 29.8 Å². The van der Waals surface area contributed by atoms with Gasteiger partial charge < -0.3 is 4.74 Å². The molecule has 0 aromatic heterocycles. The van der Waals surface area contributed by atoms with Crippen LogP contribution in [-0.4, -0.2) is 6.61 Å². The van der Waals surface area contributed by atoms with Gasteiger partial charge in [-0.05, 0) is 85.8 Å². The average molecular weight is 399 g/mol. The highest BCUT2D eigenvalue weighted by Gasteiger charge is 2.34. The minimum Gasteiger partial charge on any atom is -0.494 e. The fourth-order valence-electron chi connectivity index (χ4n) is 6.14. The van der Waals surface area contributed by atoms with E-state index < -0.39 is 0 Å². The van der Waals surface area contributed by atoms with E-state index in [1.807, 2.05) is 0 Å². The molecule has 0 bridgehead atoms. The number of ether oxygens (including phenoxy) is 1. The Bertz CT molecular complexity index is 554. The Balaban J connectivity index is 1.43. The Labute approximate surface area is 181 Å². The van der Waals surface area contributed by atoms with Gasteiger partial charge >= 0.3 is 0 Å². The van der Waals surface area contributed by atoms with Crippen LogP contribution in [0.5, 0.6) is 5.75 Å². The molecular weight excluding hydrogens is 352 g/mol. The van der Waals surface area contributed by atoms with Crippen LogP contribution in [0.15, 0.2) is 24.3 Å². The maximum absolute atomic E-state index is 5.85. The van der Waals surface area contributed by atoms with Crippen molar-refractivity contribution in [1.82, 2.24) is 0 Å². The number of hydrogen-bond donors (Lipinski definition) is 0. The van der Waals surface area contributed by atoms with Crippen molar-refractivity contribution in [3.63, 3.8) is 0 Å². The lowest BCUT2D eigenvalue weighted by atomic mass is 9.65. The third kappa shape index (κ3) is 6.76. The molecule has 2 saturated carbocycles. The predicted octanol–water partition coefficient (Wildman–Crippen LogP) is 8.77. The minimum atomic E-state index is 0.751. The second-order valence-electron chi connectivity index (χ2n) is 10.2. The highest BCUT2D eigenvalue weighted by atomic mass is 16.5. The summed E-state index contributed by atoms with van der Waals surface area (Å²) >= 11 is 0. The smallest absolute Gasteiger partial charge is 0.119 e. The van der Waals surface area contributed by atoms with Crippen LogP contribution in [0.25, 0.3) is 0 Å². The average Bonchev–Trinajstić information content (AvgIpc) is 2.75. The summed E-state index contributed by atoms with van der Waals surface area (Å²) in [5, 5.41) is 0. The zero-order chi connectivity index (χ0) is 20.5. The molecule has 2 fully saturated rings. The van der Waals surface area contributed by atoms with Gasteiger partial charge in [0.15, 0.2) is 0 Å². The molecule has 0 heterocycles. The molecule has 3 rings (SSSR count). The van der Waals surface area contributed by atoms with Crippen LogP contribution in [0.2, 0.25) is 0 Å². The minimum absolute atomic E-state index is 0.751. The number of benzene rings is 1. The van der Waals surface area contributed by atoms with Gasteiger partial charge in [-0.3, -0.25) is 0 Å². The van der Waals surface area contributed by atoms with Crippen molar-refractivity contribution in [2.75, 3.05) is 6.61 Å². The first-order valence-corrected chi connectivity index (χ1v) is 12.9. The molecule has 1 aromatic carbocycles. The van der Waals surface area contributed by atoms with Crippen molar-refractivity contribution in [2.24, 2.45) is 23.7 Å². The van der Waals surface area contributed by atoms with Gasteiger partial charge in [-0.1, -0.05) is 77.8 Å². The highest BCUT2D eigenvalue weighted by molar-refractivity contribution is 5.30. The zero-order valence-electron chi connectivity index (χ0n) is 19.5.